The van der Waals surface area contributed by atoms with Crippen molar-refractivity contribution in [3.63, 3.8) is 0 Å². The van der Waals surface area contributed by atoms with Gasteiger partial charge in [-0.1, -0.05) is 29.8 Å². The van der Waals surface area contributed by atoms with Gasteiger partial charge in [0.05, 0.1) is 0 Å². The highest BCUT2D eigenvalue weighted by molar-refractivity contribution is 6.30. The molecule has 0 aromatic heterocycles. The summed E-state index contributed by atoms with van der Waals surface area (Å²) in [6.07, 6.45) is 0. The second-order valence-corrected chi connectivity index (χ2v) is 5.71. The fraction of sp³-hybridized carbons (Fsp3) is 0.294. The van der Waals surface area contributed by atoms with Gasteiger partial charge in [-0.25, -0.2) is 0 Å². The molecule has 0 saturated carbocycles. The van der Waals surface area contributed by atoms with Gasteiger partial charge in [-0.2, -0.15) is 0 Å². The third-order valence-corrected chi connectivity index (χ3v) is 4.02. The molecule has 3 rings (SSSR count). The van der Waals surface area contributed by atoms with E-state index in [-0.39, 0.29) is 12.1 Å². The average Bonchev–Trinajstić information content (AvgIpc) is 2.95. The Hall–Kier alpha value is -1.71. The predicted molar refractivity (Wildman–Crippen MR) is 84.0 cm³/mol. The van der Waals surface area contributed by atoms with E-state index in [1.807, 2.05) is 36.4 Å². The minimum atomic E-state index is 0.213. The third-order valence-electron chi connectivity index (χ3n) is 3.77. The Morgan fingerprint density at radius 1 is 0.905 bits per heavy atom. The quantitative estimate of drug-likeness (QED) is 0.903. The minimum Gasteiger partial charge on any atom is -0.454 e. The Morgan fingerprint density at radius 2 is 1.52 bits per heavy atom. The van der Waals surface area contributed by atoms with E-state index in [2.05, 4.69) is 25.2 Å². The molecule has 2 aromatic rings. The van der Waals surface area contributed by atoms with Crippen LogP contribution in [0.1, 0.15) is 37.1 Å². The van der Waals surface area contributed by atoms with Gasteiger partial charge in [-0.3, -0.25) is 0 Å². The van der Waals surface area contributed by atoms with Gasteiger partial charge >= 0.3 is 0 Å². The van der Waals surface area contributed by atoms with Crippen molar-refractivity contribution in [3.05, 3.63) is 58.6 Å². The lowest BCUT2D eigenvalue weighted by Crippen LogP contribution is -2.22. The molecule has 4 heteroatoms. The Morgan fingerprint density at radius 3 is 2.29 bits per heavy atom. The Kier molecular flexibility index (Phi) is 4.04. The van der Waals surface area contributed by atoms with E-state index in [1.54, 1.807) is 0 Å². The number of ether oxygens (including phenoxy) is 2. The van der Waals surface area contributed by atoms with Gasteiger partial charge in [-0.15, -0.1) is 0 Å². The molecule has 1 aliphatic heterocycles. The first kappa shape index (κ1) is 14.2. The van der Waals surface area contributed by atoms with Crippen molar-refractivity contribution in [2.45, 2.75) is 25.9 Å². The van der Waals surface area contributed by atoms with Crippen LogP contribution in [0.5, 0.6) is 11.5 Å². The molecule has 1 N–H and O–H groups in total. The number of rotatable bonds is 4. The maximum absolute atomic E-state index is 5.93. The molecular formula is C17H18ClNO2. The summed E-state index contributed by atoms with van der Waals surface area (Å²) in [6.45, 7) is 4.60. The van der Waals surface area contributed by atoms with Crippen LogP contribution in [0, 0.1) is 0 Å². The molecule has 21 heavy (non-hydrogen) atoms. The second kappa shape index (κ2) is 5.96. The zero-order valence-corrected chi connectivity index (χ0v) is 12.9. The third kappa shape index (κ3) is 3.14. The number of fused-ring (bicyclic) bond motifs is 1. The van der Waals surface area contributed by atoms with Crippen molar-refractivity contribution < 1.29 is 9.47 Å². The first-order valence-electron chi connectivity index (χ1n) is 7.04. The molecule has 1 unspecified atom stereocenters. The van der Waals surface area contributed by atoms with Crippen LogP contribution in [0.15, 0.2) is 42.5 Å². The second-order valence-electron chi connectivity index (χ2n) is 5.27. The molecule has 0 amide bonds. The van der Waals surface area contributed by atoms with Crippen molar-refractivity contribution in [2.75, 3.05) is 6.79 Å². The standard InChI is InChI=1S/C17H18ClNO2/c1-11(13-3-6-15(18)7-4-13)19-12(2)14-5-8-16-17(9-14)21-10-20-16/h3-9,11-12,19H,10H2,1-2H3/t11-,12?/m1/s1. The zero-order chi connectivity index (χ0) is 14.8. The van der Waals surface area contributed by atoms with Crippen LogP contribution in [0.2, 0.25) is 5.02 Å². The highest BCUT2D eigenvalue weighted by Crippen LogP contribution is 2.34. The number of halogens is 1. The Bertz CT molecular complexity index is 627. The van der Waals surface area contributed by atoms with Gasteiger partial charge < -0.3 is 14.8 Å². The molecule has 2 atom stereocenters. The molecule has 0 bridgehead atoms. The monoisotopic (exact) mass is 303 g/mol. The lowest BCUT2D eigenvalue weighted by molar-refractivity contribution is 0.174. The molecule has 0 fully saturated rings. The molecule has 110 valence electrons. The highest BCUT2D eigenvalue weighted by atomic mass is 35.5. The fourth-order valence-corrected chi connectivity index (χ4v) is 2.63. The van der Waals surface area contributed by atoms with E-state index in [4.69, 9.17) is 21.1 Å². The first-order chi connectivity index (χ1) is 10.1. The number of hydrogen-bond acceptors (Lipinski definition) is 3. The van der Waals surface area contributed by atoms with E-state index in [9.17, 15) is 0 Å². The van der Waals surface area contributed by atoms with Crippen molar-refractivity contribution in [2.24, 2.45) is 0 Å². The summed E-state index contributed by atoms with van der Waals surface area (Å²) in [5.41, 5.74) is 2.40. The maximum Gasteiger partial charge on any atom is 0.231 e. The molecule has 2 aromatic carbocycles. The number of hydrogen-bond donors (Lipinski definition) is 1. The molecule has 3 nitrogen and oxygen atoms in total. The van der Waals surface area contributed by atoms with Crippen LogP contribution in [-0.2, 0) is 0 Å². The molecule has 0 spiro atoms. The van der Waals surface area contributed by atoms with E-state index in [0.29, 0.717) is 6.79 Å². The van der Waals surface area contributed by atoms with Crippen LogP contribution >= 0.6 is 11.6 Å². The molecule has 0 saturated heterocycles. The largest absolute Gasteiger partial charge is 0.454 e. The topological polar surface area (TPSA) is 30.5 Å². The summed E-state index contributed by atoms with van der Waals surface area (Å²) in [6, 6.07) is 14.4. The van der Waals surface area contributed by atoms with Crippen molar-refractivity contribution in [1.82, 2.24) is 5.32 Å². The van der Waals surface area contributed by atoms with Gasteiger partial charge in [0.2, 0.25) is 6.79 Å². The molecule has 0 aliphatic carbocycles. The number of nitrogens with one attached hydrogen (secondary N) is 1. The van der Waals surface area contributed by atoms with Gasteiger partial charge in [-0.05, 0) is 49.2 Å². The Balaban J connectivity index is 1.70. The van der Waals surface area contributed by atoms with Crippen molar-refractivity contribution >= 4 is 11.6 Å². The summed E-state index contributed by atoms with van der Waals surface area (Å²) in [4.78, 5) is 0. The highest BCUT2D eigenvalue weighted by Gasteiger charge is 2.17. The van der Waals surface area contributed by atoms with Crippen LogP contribution in [0.4, 0.5) is 0 Å². The summed E-state index contributed by atoms with van der Waals surface area (Å²) in [5.74, 6) is 1.64. The Labute approximate surface area is 129 Å². The molecule has 1 aliphatic rings. The fourth-order valence-electron chi connectivity index (χ4n) is 2.50. The van der Waals surface area contributed by atoms with Gasteiger partial charge in [0, 0.05) is 17.1 Å². The number of benzene rings is 2. The van der Waals surface area contributed by atoms with Crippen LogP contribution < -0.4 is 14.8 Å². The first-order valence-corrected chi connectivity index (χ1v) is 7.42. The SMILES string of the molecule is CC(N[C@H](C)c1ccc(Cl)cc1)c1ccc2c(c1)OCO2. The molecular weight excluding hydrogens is 286 g/mol. The molecule has 0 radical (unpaired) electrons. The van der Waals surface area contributed by atoms with Crippen molar-refractivity contribution in [1.29, 1.82) is 0 Å². The zero-order valence-electron chi connectivity index (χ0n) is 12.1. The minimum absolute atomic E-state index is 0.213. The summed E-state index contributed by atoms with van der Waals surface area (Å²) in [7, 11) is 0. The van der Waals surface area contributed by atoms with E-state index in [0.717, 1.165) is 16.5 Å². The van der Waals surface area contributed by atoms with Crippen molar-refractivity contribution in [3.8, 4) is 11.5 Å². The van der Waals surface area contributed by atoms with Crippen LogP contribution in [0.3, 0.4) is 0 Å². The smallest absolute Gasteiger partial charge is 0.231 e. The summed E-state index contributed by atoms with van der Waals surface area (Å²) in [5, 5.41) is 4.34. The van der Waals surface area contributed by atoms with Gasteiger partial charge in [0.25, 0.3) is 0 Å². The summed E-state index contributed by atoms with van der Waals surface area (Å²) < 4.78 is 10.8. The van der Waals surface area contributed by atoms with E-state index in [1.165, 1.54) is 11.1 Å². The normalized spacial score (nSPS) is 15.8. The van der Waals surface area contributed by atoms with Gasteiger partial charge in [0.15, 0.2) is 11.5 Å². The van der Waals surface area contributed by atoms with Crippen LogP contribution in [-0.4, -0.2) is 6.79 Å². The van der Waals surface area contributed by atoms with Gasteiger partial charge in [0.1, 0.15) is 0 Å². The lowest BCUT2D eigenvalue weighted by atomic mass is 10.0. The predicted octanol–water partition coefficient (Wildman–Crippen LogP) is 4.48. The summed E-state index contributed by atoms with van der Waals surface area (Å²) >= 11 is 5.93. The van der Waals surface area contributed by atoms with Crippen LogP contribution in [0.25, 0.3) is 0 Å². The lowest BCUT2D eigenvalue weighted by Gasteiger charge is -2.21. The maximum atomic E-state index is 5.93. The van der Waals surface area contributed by atoms with E-state index >= 15 is 0 Å². The molecule has 1 heterocycles. The van der Waals surface area contributed by atoms with E-state index < -0.39 is 0 Å². The average molecular weight is 304 g/mol.